The maximum atomic E-state index is 5.92. The molecule has 1 aromatic carbocycles. The van der Waals surface area contributed by atoms with Gasteiger partial charge in [-0.2, -0.15) is 11.8 Å². The zero-order valence-electron chi connectivity index (χ0n) is 11.0. The van der Waals surface area contributed by atoms with Gasteiger partial charge in [-0.1, -0.05) is 13.0 Å². The Morgan fingerprint density at radius 1 is 1.56 bits per heavy atom. The first-order chi connectivity index (χ1) is 8.61. The van der Waals surface area contributed by atoms with Gasteiger partial charge < -0.3 is 10.6 Å². The van der Waals surface area contributed by atoms with Crippen LogP contribution in [0.25, 0.3) is 0 Å². The van der Waals surface area contributed by atoms with E-state index in [9.17, 15) is 0 Å². The summed E-state index contributed by atoms with van der Waals surface area (Å²) in [5.74, 6) is 1.22. The van der Waals surface area contributed by atoms with Gasteiger partial charge in [-0.25, -0.2) is 0 Å². The van der Waals surface area contributed by atoms with Crippen molar-refractivity contribution in [2.75, 3.05) is 23.7 Å². The standard InChI is InChI=1S/C14H21BrN2S/c1-3-12-9-17(6-7-18-12)14-5-4-11(10(2)16)8-13(14)15/h4-5,8,10,12H,3,6-7,9,16H2,1-2H3/t10-,12?/m0/s1. The van der Waals surface area contributed by atoms with E-state index in [-0.39, 0.29) is 6.04 Å². The Morgan fingerprint density at radius 2 is 2.33 bits per heavy atom. The highest BCUT2D eigenvalue weighted by atomic mass is 79.9. The van der Waals surface area contributed by atoms with Gasteiger partial charge in [-0.3, -0.25) is 0 Å². The Labute approximate surface area is 122 Å². The minimum absolute atomic E-state index is 0.0932. The van der Waals surface area contributed by atoms with Gasteiger partial charge in [-0.05, 0) is 47.0 Å². The summed E-state index contributed by atoms with van der Waals surface area (Å²) >= 11 is 5.79. The van der Waals surface area contributed by atoms with Gasteiger partial charge in [0, 0.05) is 34.6 Å². The Kier molecular flexibility index (Phi) is 4.98. The third-order valence-electron chi connectivity index (χ3n) is 3.43. The molecule has 2 N–H and O–H groups in total. The average molecular weight is 329 g/mol. The first kappa shape index (κ1) is 14.2. The van der Waals surface area contributed by atoms with Crippen LogP contribution in [-0.4, -0.2) is 24.1 Å². The van der Waals surface area contributed by atoms with Crippen LogP contribution in [0.4, 0.5) is 5.69 Å². The van der Waals surface area contributed by atoms with Crippen LogP contribution in [0.15, 0.2) is 22.7 Å². The lowest BCUT2D eigenvalue weighted by Crippen LogP contribution is -2.37. The van der Waals surface area contributed by atoms with E-state index in [1.807, 2.05) is 6.92 Å². The van der Waals surface area contributed by atoms with Crippen molar-refractivity contribution in [2.45, 2.75) is 31.6 Å². The molecule has 1 unspecified atom stereocenters. The van der Waals surface area contributed by atoms with Crippen molar-refractivity contribution in [3.8, 4) is 0 Å². The number of halogens is 1. The highest BCUT2D eigenvalue weighted by molar-refractivity contribution is 9.10. The molecule has 2 rings (SSSR count). The van der Waals surface area contributed by atoms with Crippen LogP contribution < -0.4 is 10.6 Å². The highest BCUT2D eigenvalue weighted by Crippen LogP contribution is 2.32. The summed E-state index contributed by atoms with van der Waals surface area (Å²) in [4.78, 5) is 2.49. The first-order valence-electron chi connectivity index (χ1n) is 6.53. The molecule has 0 amide bonds. The molecule has 0 bridgehead atoms. The van der Waals surface area contributed by atoms with Crippen molar-refractivity contribution in [1.29, 1.82) is 0 Å². The second-order valence-electron chi connectivity index (χ2n) is 4.85. The van der Waals surface area contributed by atoms with Gasteiger partial charge >= 0.3 is 0 Å². The van der Waals surface area contributed by atoms with Crippen molar-refractivity contribution in [2.24, 2.45) is 5.73 Å². The second-order valence-corrected chi connectivity index (χ2v) is 7.11. The van der Waals surface area contributed by atoms with Crippen molar-refractivity contribution < 1.29 is 0 Å². The van der Waals surface area contributed by atoms with Gasteiger partial charge in [0.1, 0.15) is 0 Å². The lowest BCUT2D eigenvalue weighted by molar-refractivity contribution is 0.726. The second kappa shape index (κ2) is 6.31. The Hall–Kier alpha value is -0.190. The molecule has 1 aromatic rings. The van der Waals surface area contributed by atoms with Crippen LogP contribution in [0.5, 0.6) is 0 Å². The van der Waals surface area contributed by atoms with Crippen molar-refractivity contribution in [1.82, 2.24) is 0 Å². The minimum Gasteiger partial charge on any atom is -0.369 e. The molecule has 18 heavy (non-hydrogen) atoms. The molecule has 1 heterocycles. The Morgan fingerprint density at radius 3 is 2.94 bits per heavy atom. The van der Waals surface area contributed by atoms with Crippen LogP contribution >= 0.6 is 27.7 Å². The lowest BCUT2D eigenvalue weighted by atomic mass is 10.1. The van der Waals surface area contributed by atoms with Gasteiger partial charge in [-0.15, -0.1) is 0 Å². The maximum Gasteiger partial charge on any atom is 0.0511 e. The van der Waals surface area contributed by atoms with Gasteiger partial charge in [0.05, 0.1) is 5.69 Å². The molecule has 1 fully saturated rings. The fourth-order valence-corrected chi connectivity index (χ4v) is 4.08. The van der Waals surface area contributed by atoms with Gasteiger partial charge in [0.25, 0.3) is 0 Å². The van der Waals surface area contributed by atoms with Gasteiger partial charge in [0.2, 0.25) is 0 Å². The molecular formula is C14H21BrN2S. The number of anilines is 1. The van der Waals surface area contributed by atoms with Gasteiger partial charge in [0.15, 0.2) is 0 Å². The predicted molar refractivity (Wildman–Crippen MR) is 85.5 cm³/mol. The topological polar surface area (TPSA) is 29.3 Å². The smallest absolute Gasteiger partial charge is 0.0511 e. The first-order valence-corrected chi connectivity index (χ1v) is 8.37. The van der Waals surface area contributed by atoms with Crippen LogP contribution in [0.1, 0.15) is 31.9 Å². The maximum absolute atomic E-state index is 5.92. The van der Waals surface area contributed by atoms with Crippen LogP contribution in [0.3, 0.4) is 0 Å². The summed E-state index contributed by atoms with van der Waals surface area (Å²) in [5.41, 5.74) is 8.41. The number of hydrogen-bond acceptors (Lipinski definition) is 3. The fourth-order valence-electron chi connectivity index (χ4n) is 2.25. The van der Waals surface area contributed by atoms with Crippen LogP contribution in [0, 0.1) is 0 Å². The summed E-state index contributed by atoms with van der Waals surface area (Å²) in [6.07, 6.45) is 1.25. The van der Waals surface area contributed by atoms with E-state index < -0.39 is 0 Å². The molecule has 2 atom stereocenters. The SMILES string of the molecule is CCC1CN(c2ccc([C@H](C)N)cc2Br)CCS1. The number of hydrogen-bond donors (Lipinski definition) is 1. The van der Waals surface area contributed by atoms with E-state index in [2.05, 4.69) is 57.7 Å². The molecular weight excluding hydrogens is 308 g/mol. The zero-order chi connectivity index (χ0) is 13.1. The molecule has 1 aliphatic heterocycles. The fraction of sp³-hybridized carbons (Fsp3) is 0.571. The molecule has 1 aliphatic rings. The van der Waals surface area contributed by atoms with Crippen molar-refractivity contribution in [3.05, 3.63) is 28.2 Å². The van der Waals surface area contributed by atoms with E-state index in [1.165, 1.54) is 27.9 Å². The van der Waals surface area contributed by atoms with E-state index >= 15 is 0 Å². The average Bonchev–Trinajstić information content (AvgIpc) is 2.38. The van der Waals surface area contributed by atoms with E-state index in [0.717, 1.165) is 18.3 Å². The number of nitrogens with zero attached hydrogens (tertiary/aromatic N) is 1. The normalized spacial score (nSPS) is 22.0. The lowest BCUT2D eigenvalue weighted by Gasteiger charge is -2.34. The summed E-state index contributed by atoms with van der Waals surface area (Å²) in [6, 6.07) is 6.59. The number of benzene rings is 1. The summed E-state index contributed by atoms with van der Waals surface area (Å²) in [6.45, 7) is 6.58. The summed E-state index contributed by atoms with van der Waals surface area (Å²) in [7, 11) is 0. The third-order valence-corrected chi connectivity index (χ3v) is 5.44. The summed E-state index contributed by atoms with van der Waals surface area (Å²) < 4.78 is 1.17. The Balaban J connectivity index is 2.17. The third kappa shape index (κ3) is 3.22. The van der Waals surface area contributed by atoms with E-state index in [0.29, 0.717) is 0 Å². The molecule has 0 saturated carbocycles. The Bertz CT molecular complexity index is 409. The molecule has 100 valence electrons. The monoisotopic (exact) mass is 328 g/mol. The molecule has 2 nitrogen and oxygen atoms in total. The zero-order valence-corrected chi connectivity index (χ0v) is 13.4. The molecule has 0 radical (unpaired) electrons. The molecule has 4 heteroatoms. The van der Waals surface area contributed by atoms with E-state index in [1.54, 1.807) is 0 Å². The minimum atomic E-state index is 0.0932. The van der Waals surface area contributed by atoms with Crippen LogP contribution in [-0.2, 0) is 0 Å². The van der Waals surface area contributed by atoms with Crippen molar-refractivity contribution in [3.63, 3.8) is 0 Å². The van der Waals surface area contributed by atoms with Crippen LogP contribution in [0.2, 0.25) is 0 Å². The molecule has 0 spiro atoms. The highest BCUT2D eigenvalue weighted by Gasteiger charge is 2.20. The van der Waals surface area contributed by atoms with E-state index in [4.69, 9.17) is 5.73 Å². The number of rotatable bonds is 3. The molecule has 0 aliphatic carbocycles. The van der Waals surface area contributed by atoms with Crippen molar-refractivity contribution >= 4 is 33.4 Å². The number of nitrogens with two attached hydrogens (primary N) is 1. The summed E-state index contributed by atoms with van der Waals surface area (Å²) in [5, 5.41) is 0.763. The quantitative estimate of drug-likeness (QED) is 0.915. The largest absolute Gasteiger partial charge is 0.369 e. The molecule has 1 saturated heterocycles. The number of thioether (sulfide) groups is 1. The molecule has 0 aromatic heterocycles. The predicted octanol–water partition coefficient (Wildman–Crippen LogP) is 3.80.